The van der Waals surface area contributed by atoms with Crippen LogP contribution in [0.2, 0.25) is 0 Å². The molecular weight excluding hydrogens is 224 g/mol. The van der Waals surface area contributed by atoms with Crippen molar-refractivity contribution in [1.82, 2.24) is 0 Å². The molecule has 0 nitrogen and oxygen atoms in total. The Morgan fingerprint density at radius 1 is 1.31 bits per heavy atom. The highest BCUT2D eigenvalue weighted by Crippen LogP contribution is 2.50. The Morgan fingerprint density at radius 2 is 2.15 bits per heavy atom. The summed E-state index contributed by atoms with van der Waals surface area (Å²) in [5.74, 6) is 3.36. The van der Waals surface area contributed by atoms with Gasteiger partial charge in [0.25, 0.3) is 0 Å². The zero-order valence-electron chi connectivity index (χ0n) is 8.64. The van der Waals surface area contributed by atoms with Gasteiger partial charge in [0, 0.05) is 4.83 Å². The zero-order valence-corrected chi connectivity index (χ0v) is 10.2. The van der Waals surface area contributed by atoms with Crippen LogP contribution in [0.5, 0.6) is 0 Å². The minimum absolute atomic E-state index is 0.784. The van der Waals surface area contributed by atoms with Gasteiger partial charge in [0.2, 0.25) is 0 Å². The van der Waals surface area contributed by atoms with Gasteiger partial charge < -0.3 is 0 Å². The molecule has 2 aliphatic rings. The summed E-state index contributed by atoms with van der Waals surface area (Å²) in [4.78, 5) is 0.784. The molecule has 0 spiro atoms. The van der Waals surface area contributed by atoms with Gasteiger partial charge in [-0.15, -0.1) is 0 Å². The van der Waals surface area contributed by atoms with Crippen LogP contribution in [0.4, 0.5) is 0 Å². The highest BCUT2D eigenvalue weighted by atomic mass is 79.9. The quantitative estimate of drug-likeness (QED) is 0.645. The van der Waals surface area contributed by atoms with Crippen LogP contribution in [0, 0.1) is 17.8 Å². The van der Waals surface area contributed by atoms with Crippen molar-refractivity contribution in [3.8, 4) is 0 Å². The van der Waals surface area contributed by atoms with Crippen LogP contribution in [0.3, 0.4) is 0 Å². The molecule has 4 unspecified atom stereocenters. The molecule has 0 aromatic carbocycles. The van der Waals surface area contributed by atoms with Gasteiger partial charge in [-0.3, -0.25) is 0 Å². The van der Waals surface area contributed by atoms with E-state index in [0.29, 0.717) is 0 Å². The maximum absolute atomic E-state index is 3.74. The second-order valence-electron chi connectivity index (χ2n) is 5.02. The molecule has 0 amide bonds. The summed E-state index contributed by atoms with van der Waals surface area (Å²) >= 11 is 3.74. The predicted octanol–water partition coefficient (Wildman–Crippen LogP) is 4.38. The molecule has 1 heteroatoms. The van der Waals surface area contributed by atoms with Crippen LogP contribution >= 0.6 is 15.9 Å². The maximum Gasteiger partial charge on any atom is 0.0143 e. The number of halogens is 1. The van der Waals surface area contributed by atoms with E-state index in [9.17, 15) is 0 Å². The third kappa shape index (κ3) is 2.29. The molecule has 0 aromatic rings. The van der Waals surface area contributed by atoms with Crippen molar-refractivity contribution in [3.63, 3.8) is 0 Å². The summed E-state index contributed by atoms with van der Waals surface area (Å²) in [7, 11) is 0. The van der Waals surface area contributed by atoms with Crippen LogP contribution < -0.4 is 0 Å². The average molecular weight is 245 g/mol. The SMILES string of the molecule is CCC(Br)CCC1CC2CCC1C2. The van der Waals surface area contributed by atoms with E-state index in [2.05, 4.69) is 22.9 Å². The molecule has 76 valence electrons. The molecular formula is C12H21Br. The lowest BCUT2D eigenvalue weighted by molar-refractivity contribution is 0.307. The van der Waals surface area contributed by atoms with Crippen LogP contribution in [0.1, 0.15) is 51.9 Å². The first-order valence-corrected chi connectivity index (χ1v) is 6.85. The van der Waals surface area contributed by atoms with Crippen LogP contribution in [-0.4, -0.2) is 4.83 Å². The van der Waals surface area contributed by atoms with E-state index >= 15 is 0 Å². The molecule has 2 aliphatic carbocycles. The van der Waals surface area contributed by atoms with Gasteiger partial charge in [-0.1, -0.05) is 29.3 Å². The van der Waals surface area contributed by atoms with Crippen LogP contribution in [0.25, 0.3) is 0 Å². The number of hydrogen-bond donors (Lipinski definition) is 0. The second-order valence-corrected chi connectivity index (χ2v) is 6.31. The molecule has 4 atom stereocenters. The highest BCUT2D eigenvalue weighted by molar-refractivity contribution is 9.09. The molecule has 0 N–H and O–H groups in total. The van der Waals surface area contributed by atoms with Crippen LogP contribution in [0.15, 0.2) is 0 Å². The van der Waals surface area contributed by atoms with E-state index in [4.69, 9.17) is 0 Å². The Hall–Kier alpha value is 0.480. The highest BCUT2D eigenvalue weighted by Gasteiger charge is 2.38. The summed E-state index contributed by atoms with van der Waals surface area (Å²) in [6.07, 6.45) is 10.4. The second kappa shape index (κ2) is 4.33. The molecule has 0 aliphatic heterocycles. The lowest BCUT2D eigenvalue weighted by Crippen LogP contribution is -2.12. The van der Waals surface area contributed by atoms with E-state index in [1.54, 1.807) is 25.7 Å². The molecule has 2 fully saturated rings. The molecule has 0 heterocycles. The molecule has 0 radical (unpaired) electrons. The lowest BCUT2D eigenvalue weighted by atomic mass is 9.85. The molecule has 0 aromatic heterocycles. The number of hydrogen-bond acceptors (Lipinski definition) is 0. The molecule has 13 heavy (non-hydrogen) atoms. The fraction of sp³-hybridized carbons (Fsp3) is 1.00. The van der Waals surface area contributed by atoms with E-state index in [1.165, 1.54) is 19.3 Å². The first-order valence-electron chi connectivity index (χ1n) is 5.93. The van der Waals surface area contributed by atoms with E-state index < -0.39 is 0 Å². The third-order valence-electron chi connectivity index (χ3n) is 4.18. The van der Waals surface area contributed by atoms with Crippen molar-refractivity contribution in [2.45, 2.75) is 56.7 Å². The summed E-state index contributed by atoms with van der Waals surface area (Å²) in [5, 5.41) is 0. The summed E-state index contributed by atoms with van der Waals surface area (Å²) < 4.78 is 0. The predicted molar refractivity (Wildman–Crippen MR) is 61.2 cm³/mol. The van der Waals surface area contributed by atoms with E-state index in [1.807, 2.05) is 0 Å². The fourth-order valence-electron chi connectivity index (χ4n) is 3.33. The molecule has 2 bridgehead atoms. The van der Waals surface area contributed by atoms with Crippen LogP contribution in [-0.2, 0) is 0 Å². The summed E-state index contributed by atoms with van der Waals surface area (Å²) in [6, 6.07) is 0. The van der Waals surface area contributed by atoms with Crippen molar-refractivity contribution in [2.75, 3.05) is 0 Å². The molecule has 0 saturated heterocycles. The van der Waals surface area contributed by atoms with Gasteiger partial charge in [-0.25, -0.2) is 0 Å². The fourth-order valence-corrected chi connectivity index (χ4v) is 3.59. The normalized spacial score (nSPS) is 39.7. The molecule has 2 saturated carbocycles. The minimum atomic E-state index is 0.784. The standard InChI is InChI=1S/C12H21Br/c1-2-12(13)6-5-11-8-9-3-4-10(11)7-9/h9-12H,2-8H2,1H3. The van der Waals surface area contributed by atoms with Gasteiger partial charge in [0.1, 0.15) is 0 Å². The first kappa shape index (κ1) is 10.0. The largest absolute Gasteiger partial charge is 0.0891 e. The Kier molecular flexibility index (Phi) is 3.34. The molecule has 2 rings (SSSR count). The topological polar surface area (TPSA) is 0 Å². The minimum Gasteiger partial charge on any atom is -0.0891 e. The van der Waals surface area contributed by atoms with Gasteiger partial charge in [-0.05, 0) is 56.3 Å². The van der Waals surface area contributed by atoms with E-state index in [-0.39, 0.29) is 0 Å². The monoisotopic (exact) mass is 244 g/mol. The van der Waals surface area contributed by atoms with Gasteiger partial charge in [0.15, 0.2) is 0 Å². The van der Waals surface area contributed by atoms with Crippen molar-refractivity contribution in [3.05, 3.63) is 0 Å². The van der Waals surface area contributed by atoms with E-state index in [0.717, 1.165) is 22.6 Å². The Balaban J connectivity index is 1.71. The Bertz CT molecular complexity index is 167. The van der Waals surface area contributed by atoms with Gasteiger partial charge in [-0.2, -0.15) is 0 Å². The lowest BCUT2D eigenvalue weighted by Gasteiger charge is -2.22. The first-order chi connectivity index (χ1) is 6.29. The maximum atomic E-state index is 3.74. The Morgan fingerprint density at radius 3 is 2.69 bits per heavy atom. The summed E-state index contributed by atoms with van der Waals surface area (Å²) in [6.45, 7) is 2.28. The van der Waals surface area contributed by atoms with Gasteiger partial charge in [0.05, 0.1) is 0 Å². The number of fused-ring (bicyclic) bond motifs is 2. The zero-order chi connectivity index (χ0) is 9.26. The van der Waals surface area contributed by atoms with Crippen molar-refractivity contribution >= 4 is 15.9 Å². The Labute approximate surface area is 90.6 Å². The smallest absolute Gasteiger partial charge is 0.0143 e. The third-order valence-corrected chi connectivity index (χ3v) is 5.28. The number of alkyl halides is 1. The van der Waals surface area contributed by atoms with Crippen molar-refractivity contribution in [1.29, 1.82) is 0 Å². The summed E-state index contributed by atoms with van der Waals surface area (Å²) in [5.41, 5.74) is 0. The average Bonchev–Trinajstić information content (AvgIpc) is 2.74. The van der Waals surface area contributed by atoms with Crippen molar-refractivity contribution < 1.29 is 0 Å². The number of rotatable bonds is 4. The van der Waals surface area contributed by atoms with Gasteiger partial charge >= 0.3 is 0 Å². The van der Waals surface area contributed by atoms with Crippen molar-refractivity contribution in [2.24, 2.45) is 17.8 Å².